The topological polar surface area (TPSA) is 49.3 Å². The van der Waals surface area contributed by atoms with Gasteiger partial charge >= 0.3 is 5.97 Å². The number of halogens is 1. The van der Waals surface area contributed by atoms with Crippen LogP contribution in [0, 0.1) is 0 Å². The molecular formula is C11H10BrNO2. The molecule has 0 aliphatic carbocycles. The second-order valence-corrected chi connectivity index (χ2v) is 4.20. The van der Waals surface area contributed by atoms with Gasteiger partial charge in [0.1, 0.15) is 0 Å². The molecule has 0 radical (unpaired) electrons. The Kier molecular flexibility index (Phi) is 2.88. The summed E-state index contributed by atoms with van der Waals surface area (Å²) in [6, 6.07) is 7.66. The van der Waals surface area contributed by atoms with Crippen molar-refractivity contribution < 1.29 is 9.90 Å². The molecule has 0 saturated carbocycles. The number of carboxylic acids is 1. The van der Waals surface area contributed by atoms with Crippen molar-refractivity contribution in [3.05, 3.63) is 39.9 Å². The first-order valence-corrected chi connectivity index (χ1v) is 5.40. The van der Waals surface area contributed by atoms with Gasteiger partial charge in [-0.15, -0.1) is 0 Å². The highest BCUT2D eigenvalue weighted by molar-refractivity contribution is 9.10. The third-order valence-electron chi connectivity index (χ3n) is 2.42. The molecule has 1 aliphatic heterocycles. The van der Waals surface area contributed by atoms with Crippen LogP contribution in [0.15, 0.2) is 34.3 Å². The average Bonchev–Trinajstić information content (AvgIpc) is 2.67. The Morgan fingerprint density at radius 1 is 1.33 bits per heavy atom. The SMILES string of the molecule is O=C(O)C1=C(c2ccccc2Br)CNC1. The highest BCUT2D eigenvalue weighted by Crippen LogP contribution is 2.28. The van der Waals surface area contributed by atoms with Gasteiger partial charge in [0.25, 0.3) is 0 Å². The molecule has 0 saturated heterocycles. The molecule has 0 amide bonds. The molecule has 0 unspecified atom stereocenters. The van der Waals surface area contributed by atoms with E-state index < -0.39 is 5.97 Å². The Labute approximate surface area is 95.9 Å². The fourth-order valence-electron chi connectivity index (χ4n) is 1.69. The van der Waals surface area contributed by atoms with E-state index in [9.17, 15) is 4.79 Å². The van der Waals surface area contributed by atoms with Crippen LogP contribution >= 0.6 is 15.9 Å². The van der Waals surface area contributed by atoms with E-state index in [-0.39, 0.29) is 0 Å². The smallest absolute Gasteiger partial charge is 0.333 e. The maximum atomic E-state index is 11.0. The lowest BCUT2D eigenvalue weighted by molar-refractivity contribution is -0.132. The second-order valence-electron chi connectivity index (χ2n) is 3.35. The number of hydrogen-bond acceptors (Lipinski definition) is 2. The third kappa shape index (κ3) is 1.96. The Bertz CT molecular complexity index is 440. The van der Waals surface area contributed by atoms with Crippen LogP contribution in [0.2, 0.25) is 0 Å². The first kappa shape index (κ1) is 10.4. The molecule has 1 heterocycles. The molecule has 78 valence electrons. The van der Waals surface area contributed by atoms with Crippen LogP contribution in [0.25, 0.3) is 5.57 Å². The normalized spacial score (nSPS) is 15.8. The van der Waals surface area contributed by atoms with Crippen LogP contribution in [0.5, 0.6) is 0 Å². The summed E-state index contributed by atoms with van der Waals surface area (Å²) in [6.07, 6.45) is 0. The van der Waals surface area contributed by atoms with Crippen molar-refractivity contribution in [2.45, 2.75) is 0 Å². The summed E-state index contributed by atoms with van der Waals surface area (Å²) in [5, 5.41) is 12.1. The lowest BCUT2D eigenvalue weighted by atomic mass is 10.0. The molecule has 1 aromatic carbocycles. The largest absolute Gasteiger partial charge is 0.478 e. The minimum absolute atomic E-state index is 0.437. The van der Waals surface area contributed by atoms with Gasteiger partial charge in [0.05, 0.1) is 5.57 Å². The number of carbonyl (C=O) groups is 1. The van der Waals surface area contributed by atoms with E-state index in [1.165, 1.54) is 0 Å². The predicted molar refractivity (Wildman–Crippen MR) is 61.6 cm³/mol. The van der Waals surface area contributed by atoms with Gasteiger partial charge in [0, 0.05) is 17.6 Å². The lowest BCUT2D eigenvalue weighted by Crippen LogP contribution is -2.11. The van der Waals surface area contributed by atoms with Gasteiger partial charge in [0.2, 0.25) is 0 Å². The molecule has 0 bridgehead atoms. The van der Waals surface area contributed by atoms with Crippen molar-refractivity contribution in [1.82, 2.24) is 5.32 Å². The monoisotopic (exact) mass is 267 g/mol. The van der Waals surface area contributed by atoms with E-state index in [0.717, 1.165) is 15.6 Å². The van der Waals surface area contributed by atoms with Crippen LogP contribution < -0.4 is 5.32 Å². The van der Waals surface area contributed by atoms with E-state index in [0.29, 0.717) is 18.7 Å². The lowest BCUT2D eigenvalue weighted by Gasteiger charge is -2.05. The van der Waals surface area contributed by atoms with Gasteiger partial charge in [0.15, 0.2) is 0 Å². The predicted octanol–water partition coefficient (Wildman–Crippen LogP) is 1.89. The molecule has 15 heavy (non-hydrogen) atoms. The summed E-state index contributed by atoms with van der Waals surface area (Å²) < 4.78 is 0.933. The van der Waals surface area contributed by atoms with E-state index >= 15 is 0 Å². The first-order chi connectivity index (χ1) is 7.20. The zero-order valence-electron chi connectivity index (χ0n) is 7.96. The second kappa shape index (κ2) is 4.16. The first-order valence-electron chi connectivity index (χ1n) is 4.61. The quantitative estimate of drug-likeness (QED) is 0.861. The summed E-state index contributed by atoms with van der Waals surface area (Å²) in [6.45, 7) is 1.05. The number of carboxylic acid groups (broad SMARTS) is 1. The van der Waals surface area contributed by atoms with Crippen molar-refractivity contribution in [1.29, 1.82) is 0 Å². The van der Waals surface area contributed by atoms with E-state index in [2.05, 4.69) is 21.2 Å². The summed E-state index contributed by atoms with van der Waals surface area (Å²) in [4.78, 5) is 11.0. The highest BCUT2D eigenvalue weighted by Gasteiger charge is 2.21. The van der Waals surface area contributed by atoms with Crippen LogP contribution in [0.3, 0.4) is 0 Å². The summed E-state index contributed by atoms with van der Waals surface area (Å²) >= 11 is 3.43. The Morgan fingerprint density at radius 2 is 2.07 bits per heavy atom. The summed E-state index contributed by atoms with van der Waals surface area (Å²) in [5.41, 5.74) is 2.29. The molecule has 4 heteroatoms. The minimum atomic E-state index is -0.842. The standard InChI is InChI=1S/C11H10BrNO2/c12-10-4-2-1-3-7(10)8-5-13-6-9(8)11(14)15/h1-4,13H,5-6H2,(H,14,15). The fourth-order valence-corrected chi connectivity index (χ4v) is 2.22. The van der Waals surface area contributed by atoms with Crippen LogP contribution in [0.1, 0.15) is 5.56 Å². The molecule has 0 spiro atoms. The van der Waals surface area contributed by atoms with E-state index in [4.69, 9.17) is 5.11 Å². The molecule has 1 aromatic rings. The van der Waals surface area contributed by atoms with Crippen LogP contribution in [-0.2, 0) is 4.79 Å². The number of nitrogens with one attached hydrogen (secondary N) is 1. The van der Waals surface area contributed by atoms with Crippen molar-refractivity contribution in [2.24, 2.45) is 0 Å². The summed E-state index contributed by atoms with van der Waals surface area (Å²) in [7, 11) is 0. The third-order valence-corrected chi connectivity index (χ3v) is 3.12. The molecule has 0 fully saturated rings. The molecule has 2 N–H and O–H groups in total. The maximum Gasteiger partial charge on any atom is 0.333 e. The minimum Gasteiger partial charge on any atom is -0.478 e. The average molecular weight is 268 g/mol. The van der Waals surface area contributed by atoms with Crippen molar-refractivity contribution >= 4 is 27.5 Å². The molecule has 0 atom stereocenters. The van der Waals surface area contributed by atoms with Gasteiger partial charge < -0.3 is 10.4 Å². The number of aliphatic carboxylic acids is 1. The number of rotatable bonds is 2. The van der Waals surface area contributed by atoms with Gasteiger partial charge in [-0.05, 0) is 17.2 Å². The fraction of sp³-hybridized carbons (Fsp3) is 0.182. The molecule has 1 aliphatic rings. The van der Waals surface area contributed by atoms with Gasteiger partial charge in [-0.2, -0.15) is 0 Å². The van der Waals surface area contributed by atoms with Crippen molar-refractivity contribution in [3.8, 4) is 0 Å². The Balaban J connectivity index is 2.51. The van der Waals surface area contributed by atoms with Gasteiger partial charge in [-0.3, -0.25) is 0 Å². The van der Waals surface area contributed by atoms with E-state index in [1.807, 2.05) is 24.3 Å². The molecule has 0 aromatic heterocycles. The highest BCUT2D eigenvalue weighted by atomic mass is 79.9. The van der Waals surface area contributed by atoms with Crippen LogP contribution in [0.4, 0.5) is 0 Å². The van der Waals surface area contributed by atoms with Gasteiger partial charge in [-0.1, -0.05) is 34.1 Å². The van der Waals surface area contributed by atoms with E-state index in [1.54, 1.807) is 0 Å². The zero-order valence-corrected chi connectivity index (χ0v) is 9.54. The zero-order chi connectivity index (χ0) is 10.8. The number of benzene rings is 1. The van der Waals surface area contributed by atoms with Gasteiger partial charge in [-0.25, -0.2) is 4.79 Å². The summed E-state index contributed by atoms with van der Waals surface area (Å²) in [5.74, 6) is -0.842. The Morgan fingerprint density at radius 3 is 2.73 bits per heavy atom. The molecule has 3 nitrogen and oxygen atoms in total. The molecule has 2 rings (SSSR count). The Hall–Kier alpha value is -1.13. The van der Waals surface area contributed by atoms with Crippen molar-refractivity contribution in [3.63, 3.8) is 0 Å². The number of hydrogen-bond donors (Lipinski definition) is 2. The maximum absolute atomic E-state index is 11.0. The van der Waals surface area contributed by atoms with Crippen molar-refractivity contribution in [2.75, 3.05) is 13.1 Å². The molecular weight excluding hydrogens is 258 g/mol. The van der Waals surface area contributed by atoms with Crippen LogP contribution in [-0.4, -0.2) is 24.2 Å².